The van der Waals surface area contributed by atoms with Crippen LogP contribution in [0.1, 0.15) is 18.5 Å². The van der Waals surface area contributed by atoms with E-state index >= 15 is 0 Å². The van der Waals surface area contributed by atoms with Crippen LogP contribution in [0.2, 0.25) is 0 Å². The Bertz CT molecular complexity index is 840. The van der Waals surface area contributed by atoms with Gasteiger partial charge >= 0.3 is 0 Å². The second-order valence-electron chi connectivity index (χ2n) is 6.24. The maximum atomic E-state index is 12.7. The maximum absolute atomic E-state index is 12.7. The zero-order valence-electron chi connectivity index (χ0n) is 13.1. The lowest BCUT2D eigenvalue weighted by Crippen LogP contribution is -2.52. The summed E-state index contributed by atoms with van der Waals surface area (Å²) in [6, 6.07) is 18.4. The lowest BCUT2D eigenvalue weighted by atomic mass is 9.84. The van der Waals surface area contributed by atoms with E-state index < -0.39 is 0 Å². The second-order valence-corrected chi connectivity index (χ2v) is 6.24. The molecule has 1 saturated heterocycles. The van der Waals surface area contributed by atoms with E-state index in [1.165, 1.54) is 5.56 Å². The highest BCUT2D eigenvalue weighted by Crippen LogP contribution is 2.38. The Morgan fingerprint density at radius 3 is 2.65 bits per heavy atom. The summed E-state index contributed by atoms with van der Waals surface area (Å²) in [4.78, 5) is 19.1. The predicted molar refractivity (Wildman–Crippen MR) is 89.8 cm³/mol. The van der Waals surface area contributed by atoms with E-state index in [4.69, 9.17) is 0 Å². The quantitative estimate of drug-likeness (QED) is 0.745. The monoisotopic (exact) mass is 305 g/mol. The summed E-state index contributed by atoms with van der Waals surface area (Å²) in [5, 5.41) is 0. The minimum atomic E-state index is 0.153. The van der Waals surface area contributed by atoms with Crippen LogP contribution >= 0.6 is 0 Å². The largest absolute Gasteiger partial charge is 0.333 e. The molecule has 23 heavy (non-hydrogen) atoms. The Balaban J connectivity index is 1.55. The fourth-order valence-corrected chi connectivity index (χ4v) is 3.48. The predicted octanol–water partition coefficient (Wildman–Crippen LogP) is 3.26. The van der Waals surface area contributed by atoms with Gasteiger partial charge < -0.3 is 9.47 Å². The van der Waals surface area contributed by atoms with Crippen LogP contribution < -0.4 is 0 Å². The van der Waals surface area contributed by atoms with Gasteiger partial charge in [0.1, 0.15) is 6.54 Å². The van der Waals surface area contributed by atoms with Crippen molar-refractivity contribution in [2.24, 2.45) is 5.92 Å². The number of hydrogen-bond donors (Lipinski definition) is 0. The lowest BCUT2D eigenvalue weighted by Gasteiger charge is -2.47. The normalized spacial score (nSPS) is 20.5. The van der Waals surface area contributed by atoms with Crippen molar-refractivity contribution in [3.05, 3.63) is 66.5 Å². The van der Waals surface area contributed by atoms with Crippen molar-refractivity contribution < 1.29 is 4.79 Å². The minimum Gasteiger partial charge on any atom is -0.333 e. The SMILES string of the molecule is CC1CN(C(=O)Cn2cnc3ccccc32)C1c1ccccc1. The Kier molecular flexibility index (Phi) is 3.37. The molecular weight excluding hydrogens is 286 g/mol. The van der Waals surface area contributed by atoms with E-state index in [2.05, 4.69) is 24.0 Å². The molecule has 3 aromatic rings. The molecule has 116 valence electrons. The topological polar surface area (TPSA) is 38.1 Å². The number of carbonyl (C=O) groups is 1. The van der Waals surface area contributed by atoms with Crippen molar-refractivity contribution >= 4 is 16.9 Å². The Labute approximate surface area is 135 Å². The number of imidazole rings is 1. The van der Waals surface area contributed by atoms with Gasteiger partial charge in [0, 0.05) is 6.54 Å². The number of amides is 1. The lowest BCUT2D eigenvalue weighted by molar-refractivity contribution is -0.144. The molecule has 4 heteroatoms. The third-order valence-corrected chi connectivity index (χ3v) is 4.65. The van der Waals surface area contributed by atoms with Gasteiger partial charge in [0.05, 0.1) is 23.4 Å². The van der Waals surface area contributed by atoms with Gasteiger partial charge in [0.15, 0.2) is 0 Å². The number of aromatic nitrogens is 2. The smallest absolute Gasteiger partial charge is 0.243 e. The second kappa shape index (κ2) is 5.54. The molecule has 4 rings (SSSR count). The number of hydrogen-bond acceptors (Lipinski definition) is 2. The first-order valence-electron chi connectivity index (χ1n) is 7.98. The van der Waals surface area contributed by atoms with E-state index in [9.17, 15) is 4.79 Å². The van der Waals surface area contributed by atoms with Crippen molar-refractivity contribution in [1.82, 2.24) is 14.5 Å². The van der Waals surface area contributed by atoms with E-state index in [0.29, 0.717) is 12.5 Å². The standard InChI is InChI=1S/C19H19N3O/c1-14-11-22(19(14)15-7-3-2-4-8-15)18(23)12-21-13-20-16-9-5-6-10-17(16)21/h2-10,13-14,19H,11-12H2,1H3. The summed E-state index contributed by atoms with van der Waals surface area (Å²) in [6.45, 7) is 3.37. The van der Waals surface area contributed by atoms with Crippen LogP contribution in [0.25, 0.3) is 11.0 Å². The molecule has 0 radical (unpaired) electrons. The number of para-hydroxylation sites is 2. The summed E-state index contributed by atoms with van der Waals surface area (Å²) in [5.74, 6) is 0.654. The van der Waals surface area contributed by atoms with Crippen LogP contribution in [-0.2, 0) is 11.3 Å². The molecule has 1 aliphatic heterocycles. The minimum absolute atomic E-state index is 0.153. The first-order valence-corrected chi connectivity index (χ1v) is 7.98. The van der Waals surface area contributed by atoms with Crippen molar-refractivity contribution in [1.29, 1.82) is 0 Å². The van der Waals surface area contributed by atoms with Crippen LogP contribution in [0.4, 0.5) is 0 Å². The molecule has 1 aromatic heterocycles. The number of rotatable bonds is 3. The van der Waals surface area contributed by atoms with Crippen molar-refractivity contribution in [2.75, 3.05) is 6.54 Å². The molecule has 4 nitrogen and oxygen atoms in total. The number of nitrogens with zero attached hydrogens (tertiary/aromatic N) is 3. The van der Waals surface area contributed by atoms with Gasteiger partial charge in [-0.1, -0.05) is 49.4 Å². The molecule has 0 N–H and O–H groups in total. The van der Waals surface area contributed by atoms with Gasteiger partial charge in [-0.05, 0) is 23.6 Å². The summed E-state index contributed by atoms with van der Waals surface area (Å²) in [6.07, 6.45) is 1.75. The number of benzene rings is 2. The highest BCUT2D eigenvalue weighted by Gasteiger charge is 2.39. The molecular formula is C19H19N3O. The Morgan fingerprint density at radius 2 is 1.87 bits per heavy atom. The van der Waals surface area contributed by atoms with E-state index in [0.717, 1.165) is 17.6 Å². The molecule has 1 fully saturated rings. The van der Waals surface area contributed by atoms with E-state index in [-0.39, 0.29) is 11.9 Å². The van der Waals surface area contributed by atoms with Crippen LogP contribution in [0, 0.1) is 5.92 Å². The number of likely N-dealkylation sites (tertiary alicyclic amines) is 1. The zero-order valence-corrected chi connectivity index (χ0v) is 13.1. The average molecular weight is 305 g/mol. The van der Waals surface area contributed by atoms with Gasteiger partial charge in [-0.2, -0.15) is 0 Å². The number of fused-ring (bicyclic) bond motifs is 1. The van der Waals surface area contributed by atoms with Gasteiger partial charge in [0.25, 0.3) is 0 Å². The highest BCUT2D eigenvalue weighted by molar-refractivity contribution is 5.81. The van der Waals surface area contributed by atoms with Crippen molar-refractivity contribution in [3.63, 3.8) is 0 Å². The third kappa shape index (κ3) is 2.40. The first kappa shape index (κ1) is 14.0. The van der Waals surface area contributed by atoms with Crippen molar-refractivity contribution in [2.45, 2.75) is 19.5 Å². The molecule has 2 unspecified atom stereocenters. The summed E-state index contributed by atoms with van der Waals surface area (Å²) < 4.78 is 1.93. The van der Waals surface area contributed by atoms with Gasteiger partial charge in [-0.15, -0.1) is 0 Å². The maximum Gasteiger partial charge on any atom is 0.243 e. The molecule has 2 atom stereocenters. The summed E-state index contributed by atoms with van der Waals surface area (Å²) in [7, 11) is 0. The van der Waals surface area contributed by atoms with Crippen LogP contribution in [0.15, 0.2) is 60.9 Å². The highest BCUT2D eigenvalue weighted by atomic mass is 16.2. The molecule has 0 bridgehead atoms. The van der Waals surface area contributed by atoms with Crippen LogP contribution in [-0.4, -0.2) is 26.9 Å². The molecule has 0 spiro atoms. The van der Waals surface area contributed by atoms with Gasteiger partial charge in [-0.25, -0.2) is 4.98 Å². The fraction of sp³-hybridized carbons (Fsp3) is 0.263. The molecule has 0 aliphatic carbocycles. The molecule has 1 amide bonds. The third-order valence-electron chi connectivity index (χ3n) is 4.65. The average Bonchev–Trinajstić information content (AvgIpc) is 2.96. The van der Waals surface area contributed by atoms with Crippen LogP contribution in [0.5, 0.6) is 0 Å². The zero-order chi connectivity index (χ0) is 15.8. The van der Waals surface area contributed by atoms with Gasteiger partial charge in [-0.3, -0.25) is 4.79 Å². The molecule has 0 saturated carbocycles. The molecule has 2 aromatic carbocycles. The summed E-state index contributed by atoms with van der Waals surface area (Å²) in [5.41, 5.74) is 3.15. The first-order chi connectivity index (χ1) is 11.2. The van der Waals surface area contributed by atoms with Gasteiger partial charge in [0.2, 0.25) is 5.91 Å². The molecule has 1 aliphatic rings. The van der Waals surface area contributed by atoms with E-state index in [1.807, 2.05) is 51.9 Å². The summed E-state index contributed by atoms with van der Waals surface area (Å²) >= 11 is 0. The fourth-order valence-electron chi connectivity index (χ4n) is 3.48. The van der Waals surface area contributed by atoms with E-state index in [1.54, 1.807) is 6.33 Å². The Morgan fingerprint density at radius 1 is 1.13 bits per heavy atom. The van der Waals surface area contributed by atoms with Crippen molar-refractivity contribution in [3.8, 4) is 0 Å². The number of carbonyl (C=O) groups excluding carboxylic acids is 1. The van der Waals surface area contributed by atoms with Crippen LogP contribution in [0.3, 0.4) is 0 Å². The molecule has 2 heterocycles. The Hall–Kier alpha value is -2.62.